The van der Waals surface area contributed by atoms with Gasteiger partial charge in [0.1, 0.15) is 17.2 Å². The lowest BCUT2D eigenvalue weighted by Gasteiger charge is -2.35. The summed E-state index contributed by atoms with van der Waals surface area (Å²) in [4.78, 5) is 12.3. The van der Waals surface area contributed by atoms with E-state index in [0.717, 1.165) is 11.1 Å². The molecule has 0 saturated carbocycles. The molecule has 0 aliphatic carbocycles. The van der Waals surface area contributed by atoms with Crippen LogP contribution in [0.4, 0.5) is 4.39 Å². The monoisotopic (exact) mass is 270 g/mol. The van der Waals surface area contributed by atoms with Crippen molar-refractivity contribution < 1.29 is 13.9 Å². The van der Waals surface area contributed by atoms with E-state index >= 15 is 0 Å². The number of carbonyl (C=O) groups excluding carboxylic acids is 1. The maximum absolute atomic E-state index is 13.2. The van der Waals surface area contributed by atoms with E-state index in [1.807, 2.05) is 38.1 Å². The number of Topliss-reactive ketones (excluding diaryl/α,β-unsaturated/α-hetero) is 1. The molecule has 1 aliphatic rings. The topological polar surface area (TPSA) is 26.3 Å². The lowest BCUT2D eigenvalue weighted by molar-refractivity contribution is 0.0502. The Kier molecular flexibility index (Phi) is 2.85. The number of hydrogen-bond donors (Lipinski definition) is 0. The fourth-order valence-corrected chi connectivity index (χ4v) is 2.62. The Bertz CT molecular complexity index is 693. The van der Waals surface area contributed by atoms with Gasteiger partial charge in [-0.05, 0) is 37.6 Å². The van der Waals surface area contributed by atoms with Gasteiger partial charge in [0.25, 0.3) is 0 Å². The summed E-state index contributed by atoms with van der Waals surface area (Å²) < 4.78 is 19.2. The molecular weight excluding hydrogens is 255 g/mol. The highest BCUT2D eigenvalue weighted by Crippen LogP contribution is 2.39. The van der Waals surface area contributed by atoms with Gasteiger partial charge >= 0.3 is 0 Å². The zero-order valence-electron chi connectivity index (χ0n) is 11.4. The molecule has 0 amide bonds. The first-order valence-electron chi connectivity index (χ1n) is 6.57. The van der Waals surface area contributed by atoms with Crippen LogP contribution in [0.5, 0.6) is 5.75 Å². The minimum absolute atomic E-state index is 0.0882. The molecule has 102 valence electrons. The number of ether oxygens (including phenoxy) is 1. The summed E-state index contributed by atoms with van der Waals surface area (Å²) in [6.07, 6.45) is 0.215. The Morgan fingerprint density at radius 2 is 2.00 bits per heavy atom. The maximum atomic E-state index is 13.2. The second kappa shape index (κ2) is 4.44. The van der Waals surface area contributed by atoms with Gasteiger partial charge in [0.2, 0.25) is 0 Å². The lowest BCUT2D eigenvalue weighted by Crippen LogP contribution is -2.36. The molecule has 3 rings (SSSR count). The summed E-state index contributed by atoms with van der Waals surface area (Å²) in [5, 5.41) is 0. The van der Waals surface area contributed by atoms with E-state index in [9.17, 15) is 9.18 Å². The largest absolute Gasteiger partial charge is 0.482 e. The fourth-order valence-electron chi connectivity index (χ4n) is 2.62. The molecule has 0 spiro atoms. The van der Waals surface area contributed by atoms with E-state index in [-0.39, 0.29) is 12.2 Å². The van der Waals surface area contributed by atoms with Crippen molar-refractivity contribution in [3.05, 3.63) is 65.0 Å². The number of hydrogen-bond acceptors (Lipinski definition) is 2. The normalized spacial score (nSPS) is 21.2. The third-order valence-electron chi connectivity index (χ3n) is 3.70. The second-order valence-corrected chi connectivity index (χ2v) is 5.44. The van der Waals surface area contributed by atoms with Crippen LogP contribution < -0.4 is 4.74 Å². The predicted molar refractivity (Wildman–Crippen MR) is 74.5 cm³/mol. The van der Waals surface area contributed by atoms with Crippen LogP contribution in [0.15, 0.2) is 42.5 Å². The van der Waals surface area contributed by atoms with Gasteiger partial charge in [-0.1, -0.05) is 29.8 Å². The van der Waals surface area contributed by atoms with Crippen molar-refractivity contribution in [3.8, 4) is 5.75 Å². The summed E-state index contributed by atoms with van der Waals surface area (Å²) >= 11 is 0. The molecule has 2 nitrogen and oxygen atoms in total. The minimum Gasteiger partial charge on any atom is -0.482 e. The van der Waals surface area contributed by atoms with Gasteiger partial charge in [0.15, 0.2) is 5.78 Å². The molecule has 0 aromatic heterocycles. The van der Waals surface area contributed by atoms with Gasteiger partial charge in [-0.3, -0.25) is 4.79 Å². The van der Waals surface area contributed by atoms with Gasteiger partial charge < -0.3 is 4.74 Å². The van der Waals surface area contributed by atoms with E-state index in [2.05, 4.69) is 0 Å². The van der Waals surface area contributed by atoms with Gasteiger partial charge in [0.05, 0.1) is 12.0 Å². The quantitative estimate of drug-likeness (QED) is 0.782. The van der Waals surface area contributed by atoms with Crippen molar-refractivity contribution in [1.82, 2.24) is 0 Å². The molecule has 20 heavy (non-hydrogen) atoms. The Hall–Kier alpha value is -2.16. The summed E-state index contributed by atoms with van der Waals surface area (Å²) in [7, 11) is 0. The van der Waals surface area contributed by atoms with Crippen LogP contribution in [0.3, 0.4) is 0 Å². The summed E-state index contributed by atoms with van der Waals surface area (Å²) in [6, 6.07) is 12.0. The van der Waals surface area contributed by atoms with Crippen LogP contribution in [0, 0.1) is 12.7 Å². The van der Waals surface area contributed by atoms with E-state index in [0.29, 0.717) is 11.3 Å². The molecule has 0 saturated heterocycles. The Morgan fingerprint density at radius 1 is 1.20 bits per heavy atom. The zero-order chi connectivity index (χ0) is 14.3. The van der Waals surface area contributed by atoms with Crippen molar-refractivity contribution in [2.75, 3.05) is 0 Å². The van der Waals surface area contributed by atoms with Crippen molar-refractivity contribution in [2.45, 2.75) is 25.9 Å². The molecular formula is C17H15FO2. The van der Waals surface area contributed by atoms with Crippen LogP contribution in [0.25, 0.3) is 0 Å². The van der Waals surface area contributed by atoms with E-state index < -0.39 is 11.4 Å². The molecule has 1 unspecified atom stereocenters. The molecule has 1 atom stereocenters. The molecule has 0 N–H and O–H groups in total. The summed E-state index contributed by atoms with van der Waals surface area (Å²) in [5.41, 5.74) is 1.70. The Labute approximate surface area is 117 Å². The van der Waals surface area contributed by atoms with Crippen LogP contribution in [0.1, 0.15) is 34.8 Å². The van der Waals surface area contributed by atoms with Gasteiger partial charge in [-0.25, -0.2) is 4.39 Å². The van der Waals surface area contributed by atoms with Crippen molar-refractivity contribution in [2.24, 2.45) is 0 Å². The molecule has 1 aliphatic heterocycles. The van der Waals surface area contributed by atoms with Crippen LogP contribution in [-0.4, -0.2) is 5.78 Å². The zero-order valence-corrected chi connectivity index (χ0v) is 11.4. The number of rotatable bonds is 1. The first-order chi connectivity index (χ1) is 9.48. The predicted octanol–water partition coefficient (Wildman–Crippen LogP) is 4.01. The number of benzene rings is 2. The number of ketones is 1. The highest BCUT2D eigenvalue weighted by molar-refractivity contribution is 6.00. The summed E-state index contributed by atoms with van der Waals surface area (Å²) in [6.45, 7) is 3.90. The fraction of sp³-hybridized carbons (Fsp3) is 0.235. The van der Waals surface area contributed by atoms with Gasteiger partial charge in [0, 0.05) is 0 Å². The van der Waals surface area contributed by atoms with Crippen molar-refractivity contribution in [3.63, 3.8) is 0 Å². The highest BCUT2D eigenvalue weighted by atomic mass is 19.1. The number of fused-ring (bicyclic) bond motifs is 1. The molecule has 1 heterocycles. The number of aryl methyl sites for hydroxylation is 1. The maximum Gasteiger partial charge on any atom is 0.171 e. The number of carbonyl (C=O) groups is 1. The highest BCUT2D eigenvalue weighted by Gasteiger charge is 2.38. The third kappa shape index (κ3) is 2.09. The van der Waals surface area contributed by atoms with Crippen molar-refractivity contribution in [1.29, 1.82) is 0 Å². The third-order valence-corrected chi connectivity index (χ3v) is 3.70. The van der Waals surface area contributed by atoms with Gasteiger partial charge in [-0.15, -0.1) is 0 Å². The number of halogens is 1. The Morgan fingerprint density at radius 3 is 2.75 bits per heavy atom. The average molecular weight is 270 g/mol. The minimum atomic E-state index is -0.700. The van der Waals surface area contributed by atoms with Gasteiger partial charge in [-0.2, -0.15) is 0 Å². The molecule has 0 bridgehead atoms. The van der Waals surface area contributed by atoms with Crippen LogP contribution in [-0.2, 0) is 5.60 Å². The molecule has 2 aromatic carbocycles. The summed E-state index contributed by atoms with van der Waals surface area (Å²) in [5.74, 6) is -0.0544. The van der Waals surface area contributed by atoms with E-state index in [1.54, 1.807) is 0 Å². The smallest absolute Gasteiger partial charge is 0.171 e. The SMILES string of the molecule is Cc1cccc(C2(C)CC(=O)c3cc(F)ccc3O2)c1. The molecule has 2 aromatic rings. The van der Waals surface area contributed by atoms with E-state index in [1.165, 1.54) is 18.2 Å². The van der Waals surface area contributed by atoms with Crippen LogP contribution >= 0.6 is 0 Å². The van der Waals surface area contributed by atoms with E-state index in [4.69, 9.17) is 4.74 Å². The lowest BCUT2D eigenvalue weighted by atomic mass is 9.85. The second-order valence-electron chi connectivity index (χ2n) is 5.44. The standard InChI is InChI=1S/C17H15FO2/c1-11-4-3-5-12(8-11)17(2)10-15(19)14-9-13(18)6-7-16(14)20-17/h3-9H,10H2,1-2H3. The molecule has 0 radical (unpaired) electrons. The molecule has 3 heteroatoms. The van der Waals surface area contributed by atoms with Crippen molar-refractivity contribution >= 4 is 5.78 Å². The first kappa shape index (κ1) is 12.9. The average Bonchev–Trinajstić information content (AvgIpc) is 2.40. The first-order valence-corrected chi connectivity index (χ1v) is 6.57. The van der Waals surface area contributed by atoms with Crippen LogP contribution in [0.2, 0.25) is 0 Å². The molecule has 0 fully saturated rings. The Balaban J connectivity index is 2.06.